The molecule has 0 saturated heterocycles. The molecule has 0 saturated carbocycles. The number of nitrogens with zero attached hydrogens (tertiary/aromatic N) is 1. The molecule has 1 aromatic rings. The highest BCUT2D eigenvalue weighted by Gasteiger charge is 2.09. The van der Waals surface area contributed by atoms with Crippen molar-refractivity contribution in [2.24, 2.45) is 5.92 Å². The number of nitro benzene ring substituents is 1. The molecular weight excluding hydrogens is 206 g/mol. The Bertz CT molecular complexity index is 393. The highest BCUT2D eigenvalue weighted by atomic mass is 16.6. The lowest BCUT2D eigenvalue weighted by Crippen LogP contribution is -1.96. The summed E-state index contributed by atoms with van der Waals surface area (Å²) >= 11 is 0. The average Bonchev–Trinajstić information content (AvgIpc) is 2.25. The largest absolute Gasteiger partial charge is 0.392 e. The third-order valence-electron chi connectivity index (χ3n) is 2.34. The third-order valence-corrected chi connectivity index (χ3v) is 2.34. The minimum absolute atomic E-state index is 0.0233. The molecule has 4 nitrogen and oxygen atoms in total. The second-order valence-corrected chi connectivity index (χ2v) is 3.80. The predicted molar refractivity (Wildman–Crippen MR) is 63.0 cm³/mol. The van der Waals surface area contributed by atoms with Crippen molar-refractivity contribution in [1.29, 1.82) is 0 Å². The summed E-state index contributed by atoms with van der Waals surface area (Å²) in [5.74, 6) is 0.272. The van der Waals surface area contributed by atoms with Gasteiger partial charge in [0, 0.05) is 12.1 Å². The third kappa shape index (κ3) is 2.90. The molecule has 1 rings (SSSR count). The van der Waals surface area contributed by atoms with E-state index in [9.17, 15) is 10.1 Å². The molecule has 0 atom stereocenters. The normalized spacial score (nSPS) is 11.9. The molecule has 4 heteroatoms. The standard InChI is InChI=1S/C12H15NO3/c1-9(2)12(7-8-14)10-3-5-11(6-4-10)13(15)16/h3-7,9,14H,8H2,1-2H3/b12-7-. The average molecular weight is 221 g/mol. The first-order valence-corrected chi connectivity index (χ1v) is 5.12. The maximum Gasteiger partial charge on any atom is 0.269 e. The molecule has 0 bridgehead atoms. The van der Waals surface area contributed by atoms with Crippen LogP contribution < -0.4 is 0 Å². The Kier molecular flexibility index (Phi) is 4.19. The SMILES string of the molecule is CC(C)/C(=C/CO)c1ccc([N+](=O)[O-])cc1. The highest BCUT2D eigenvalue weighted by Crippen LogP contribution is 2.24. The van der Waals surface area contributed by atoms with Crippen molar-refractivity contribution >= 4 is 11.3 Å². The van der Waals surface area contributed by atoms with Gasteiger partial charge in [-0.15, -0.1) is 0 Å². The molecule has 0 aliphatic rings. The number of aliphatic hydroxyl groups excluding tert-OH is 1. The summed E-state index contributed by atoms with van der Waals surface area (Å²) in [6.45, 7) is 4.01. The monoisotopic (exact) mass is 221 g/mol. The van der Waals surface area contributed by atoms with Crippen LogP contribution in [0.1, 0.15) is 19.4 Å². The lowest BCUT2D eigenvalue weighted by atomic mass is 9.95. The second-order valence-electron chi connectivity index (χ2n) is 3.80. The molecule has 16 heavy (non-hydrogen) atoms. The van der Waals surface area contributed by atoms with E-state index in [1.54, 1.807) is 18.2 Å². The number of nitro groups is 1. The zero-order valence-corrected chi connectivity index (χ0v) is 9.38. The van der Waals surface area contributed by atoms with E-state index in [0.717, 1.165) is 11.1 Å². The van der Waals surface area contributed by atoms with Gasteiger partial charge >= 0.3 is 0 Å². The number of non-ortho nitro benzene ring substituents is 1. The van der Waals surface area contributed by atoms with E-state index in [4.69, 9.17) is 5.11 Å². The first-order chi connectivity index (χ1) is 7.56. The fourth-order valence-electron chi connectivity index (χ4n) is 1.56. The Labute approximate surface area is 94.4 Å². The van der Waals surface area contributed by atoms with Crippen molar-refractivity contribution in [1.82, 2.24) is 0 Å². The van der Waals surface area contributed by atoms with E-state index in [1.165, 1.54) is 12.1 Å². The molecule has 0 aliphatic heterocycles. The van der Waals surface area contributed by atoms with Crippen molar-refractivity contribution in [2.75, 3.05) is 6.61 Å². The van der Waals surface area contributed by atoms with Gasteiger partial charge in [0.15, 0.2) is 0 Å². The second kappa shape index (κ2) is 5.42. The van der Waals surface area contributed by atoms with E-state index in [2.05, 4.69) is 0 Å². The zero-order chi connectivity index (χ0) is 12.1. The van der Waals surface area contributed by atoms with Crippen LogP contribution in [0.3, 0.4) is 0 Å². The molecule has 1 aromatic carbocycles. The van der Waals surface area contributed by atoms with Gasteiger partial charge in [-0.1, -0.05) is 19.9 Å². The van der Waals surface area contributed by atoms with Gasteiger partial charge in [-0.25, -0.2) is 0 Å². The van der Waals surface area contributed by atoms with Gasteiger partial charge in [0.05, 0.1) is 11.5 Å². The molecule has 0 amide bonds. The van der Waals surface area contributed by atoms with Crippen molar-refractivity contribution in [2.45, 2.75) is 13.8 Å². The van der Waals surface area contributed by atoms with Gasteiger partial charge in [-0.2, -0.15) is 0 Å². The molecule has 0 unspecified atom stereocenters. The minimum atomic E-state index is -0.422. The Morgan fingerprint density at radius 3 is 2.38 bits per heavy atom. The van der Waals surface area contributed by atoms with E-state index >= 15 is 0 Å². The van der Waals surface area contributed by atoms with E-state index in [-0.39, 0.29) is 18.2 Å². The number of allylic oxidation sites excluding steroid dienone is 1. The van der Waals surface area contributed by atoms with Gasteiger partial charge in [0.25, 0.3) is 5.69 Å². The summed E-state index contributed by atoms with van der Waals surface area (Å²) in [6, 6.07) is 6.37. The maximum atomic E-state index is 10.5. The van der Waals surface area contributed by atoms with Crippen molar-refractivity contribution in [3.05, 3.63) is 46.0 Å². The van der Waals surface area contributed by atoms with Crippen LogP contribution in [0.4, 0.5) is 5.69 Å². The number of benzene rings is 1. The molecule has 0 radical (unpaired) electrons. The molecule has 1 N–H and O–H groups in total. The Morgan fingerprint density at radius 2 is 2.00 bits per heavy atom. The summed E-state index contributed by atoms with van der Waals surface area (Å²) in [5, 5.41) is 19.4. The summed E-state index contributed by atoms with van der Waals surface area (Å²) in [4.78, 5) is 10.1. The topological polar surface area (TPSA) is 63.4 Å². The predicted octanol–water partition coefficient (Wildman–Crippen LogP) is 2.63. The fourth-order valence-corrected chi connectivity index (χ4v) is 1.56. The molecule has 0 heterocycles. The van der Waals surface area contributed by atoms with Crippen molar-refractivity contribution in [3.8, 4) is 0 Å². The molecule has 86 valence electrons. The van der Waals surface area contributed by atoms with Gasteiger partial charge in [0.1, 0.15) is 0 Å². The van der Waals surface area contributed by atoms with Gasteiger partial charge in [-0.3, -0.25) is 10.1 Å². The zero-order valence-electron chi connectivity index (χ0n) is 9.38. The smallest absolute Gasteiger partial charge is 0.269 e. The fraction of sp³-hybridized carbons (Fsp3) is 0.333. The molecule has 0 aromatic heterocycles. The van der Waals surface area contributed by atoms with Crippen molar-refractivity contribution in [3.63, 3.8) is 0 Å². The van der Waals surface area contributed by atoms with Crippen LogP contribution in [0.2, 0.25) is 0 Å². The van der Waals surface area contributed by atoms with E-state index in [1.807, 2.05) is 13.8 Å². The molecule has 0 fully saturated rings. The number of hydrogen-bond donors (Lipinski definition) is 1. The maximum absolute atomic E-state index is 10.5. The van der Waals surface area contributed by atoms with Crippen molar-refractivity contribution < 1.29 is 10.0 Å². The van der Waals surface area contributed by atoms with Crippen LogP contribution >= 0.6 is 0 Å². The van der Waals surface area contributed by atoms with Gasteiger partial charge < -0.3 is 5.11 Å². The first kappa shape index (κ1) is 12.4. The lowest BCUT2D eigenvalue weighted by molar-refractivity contribution is -0.384. The lowest BCUT2D eigenvalue weighted by Gasteiger charge is -2.11. The van der Waals surface area contributed by atoms with Crippen LogP contribution in [0, 0.1) is 16.0 Å². The minimum Gasteiger partial charge on any atom is -0.392 e. The Hall–Kier alpha value is -1.68. The summed E-state index contributed by atoms with van der Waals surface area (Å²) in [6.07, 6.45) is 1.73. The highest BCUT2D eigenvalue weighted by molar-refractivity contribution is 5.67. The summed E-state index contributed by atoms with van der Waals surface area (Å²) in [5.41, 5.74) is 1.99. The number of hydrogen-bond acceptors (Lipinski definition) is 3. The van der Waals surface area contributed by atoms with Crippen LogP contribution in [0.15, 0.2) is 30.3 Å². The summed E-state index contributed by atoms with van der Waals surface area (Å²) in [7, 11) is 0. The van der Waals surface area contributed by atoms with E-state index < -0.39 is 4.92 Å². The molecular formula is C12H15NO3. The summed E-state index contributed by atoms with van der Waals surface area (Å²) < 4.78 is 0. The molecule has 0 spiro atoms. The van der Waals surface area contributed by atoms with Crippen LogP contribution in [0.25, 0.3) is 5.57 Å². The number of aliphatic hydroxyl groups is 1. The van der Waals surface area contributed by atoms with Crippen LogP contribution in [-0.2, 0) is 0 Å². The first-order valence-electron chi connectivity index (χ1n) is 5.12. The van der Waals surface area contributed by atoms with E-state index in [0.29, 0.717) is 0 Å². The quantitative estimate of drug-likeness (QED) is 0.628. The van der Waals surface area contributed by atoms with Gasteiger partial charge in [0.2, 0.25) is 0 Å². The number of rotatable bonds is 4. The van der Waals surface area contributed by atoms with Crippen LogP contribution in [0.5, 0.6) is 0 Å². The molecule has 0 aliphatic carbocycles. The van der Waals surface area contributed by atoms with Gasteiger partial charge in [-0.05, 0) is 29.2 Å². The Balaban J connectivity index is 3.04. The Morgan fingerprint density at radius 1 is 1.44 bits per heavy atom. The van der Waals surface area contributed by atoms with Crippen LogP contribution in [-0.4, -0.2) is 16.6 Å².